The van der Waals surface area contributed by atoms with Crippen LogP contribution in [0.15, 0.2) is 48.5 Å². The van der Waals surface area contributed by atoms with Gasteiger partial charge in [-0.15, -0.1) is 11.3 Å². The van der Waals surface area contributed by atoms with Gasteiger partial charge in [-0.25, -0.2) is 0 Å². The molecule has 31 heavy (non-hydrogen) atoms. The molecule has 0 saturated carbocycles. The number of carbonyl (C=O) groups excluding carboxylic acids is 1. The van der Waals surface area contributed by atoms with Crippen molar-refractivity contribution in [2.75, 3.05) is 23.8 Å². The first kappa shape index (κ1) is 21.2. The molecule has 0 atom stereocenters. The van der Waals surface area contributed by atoms with Crippen LogP contribution >= 0.6 is 11.3 Å². The lowest BCUT2D eigenvalue weighted by molar-refractivity contribution is 0.102. The number of para-hydroxylation sites is 3. The number of hydrogen-bond acceptors (Lipinski definition) is 5. The number of thiophene rings is 1. The summed E-state index contributed by atoms with van der Waals surface area (Å²) in [5.41, 5.74) is 3.71. The number of nitrogens with one attached hydrogen (secondary N) is 2. The summed E-state index contributed by atoms with van der Waals surface area (Å²) in [6.07, 6.45) is 3.08. The summed E-state index contributed by atoms with van der Waals surface area (Å²) in [5.74, 6) is 1.47. The van der Waals surface area contributed by atoms with Crippen LogP contribution in [0.4, 0.5) is 10.7 Å². The van der Waals surface area contributed by atoms with E-state index < -0.39 is 0 Å². The van der Waals surface area contributed by atoms with Crippen LogP contribution in [0.3, 0.4) is 0 Å². The lowest BCUT2D eigenvalue weighted by Crippen LogP contribution is -2.16. The van der Waals surface area contributed by atoms with E-state index in [4.69, 9.17) is 9.47 Å². The minimum absolute atomic E-state index is 0.0906. The molecule has 1 aliphatic rings. The Morgan fingerprint density at radius 1 is 0.968 bits per heavy atom. The van der Waals surface area contributed by atoms with Gasteiger partial charge in [0.25, 0.3) is 5.91 Å². The molecule has 0 aliphatic heterocycles. The molecule has 3 aromatic rings. The SMILES string of the molecule is CCOc1ccccc1CNc1sc2c(c1C(=O)Nc1ccccc1OCC)CCC2. The molecule has 0 bridgehead atoms. The third-order valence-electron chi connectivity index (χ3n) is 5.30. The Kier molecular flexibility index (Phi) is 6.77. The molecule has 0 spiro atoms. The largest absolute Gasteiger partial charge is 0.494 e. The minimum atomic E-state index is -0.0906. The van der Waals surface area contributed by atoms with E-state index in [2.05, 4.69) is 16.7 Å². The first-order chi connectivity index (χ1) is 15.2. The maximum absolute atomic E-state index is 13.4. The smallest absolute Gasteiger partial charge is 0.259 e. The molecule has 1 aromatic heterocycles. The van der Waals surface area contributed by atoms with E-state index in [1.54, 1.807) is 11.3 Å². The highest BCUT2D eigenvalue weighted by Gasteiger charge is 2.27. The van der Waals surface area contributed by atoms with Crippen LogP contribution in [0.2, 0.25) is 0 Å². The quantitative estimate of drug-likeness (QED) is 0.438. The second kappa shape index (κ2) is 9.88. The number of amides is 1. The molecule has 1 aliphatic carbocycles. The van der Waals surface area contributed by atoms with Crippen molar-refractivity contribution in [3.63, 3.8) is 0 Å². The van der Waals surface area contributed by atoms with E-state index >= 15 is 0 Å². The average molecular weight is 437 g/mol. The third kappa shape index (κ3) is 4.69. The van der Waals surface area contributed by atoms with Crippen LogP contribution in [-0.4, -0.2) is 19.1 Å². The van der Waals surface area contributed by atoms with Crippen molar-refractivity contribution in [1.29, 1.82) is 0 Å². The first-order valence-corrected chi connectivity index (χ1v) is 11.6. The fourth-order valence-corrected chi connectivity index (χ4v) is 5.21. The monoisotopic (exact) mass is 436 g/mol. The van der Waals surface area contributed by atoms with Crippen molar-refractivity contribution in [3.05, 3.63) is 70.1 Å². The molecule has 0 unspecified atom stereocenters. The Morgan fingerprint density at radius 2 is 1.68 bits per heavy atom. The zero-order chi connectivity index (χ0) is 21.6. The van der Waals surface area contributed by atoms with Crippen LogP contribution in [0.1, 0.15) is 46.6 Å². The molecule has 1 heterocycles. The lowest BCUT2D eigenvalue weighted by Gasteiger charge is -2.14. The van der Waals surface area contributed by atoms with Crippen LogP contribution in [0, 0.1) is 0 Å². The number of hydrogen-bond donors (Lipinski definition) is 2. The Bertz CT molecular complexity index is 1060. The topological polar surface area (TPSA) is 59.6 Å². The average Bonchev–Trinajstić information content (AvgIpc) is 3.36. The second-order valence-corrected chi connectivity index (χ2v) is 8.44. The van der Waals surface area contributed by atoms with Gasteiger partial charge in [-0.1, -0.05) is 30.3 Å². The van der Waals surface area contributed by atoms with Gasteiger partial charge in [-0.05, 0) is 56.9 Å². The zero-order valence-electron chi connectivity index (χ0n) is 18.0. The van der Waals surface area contributed by atoms with Gasteiger partial charge >= 0.3 is 0 Å². The summed E-state index contributed by atoms with van der Waals surface area (Å²) in [4.78, 5) is 14.7. The number of carbonyl (C=O) groups is 1. The number of ether oxygens (including phenoxy) is 2. The Balaban J connectivity index is 1.58. The molecule has 6 heteroatoms. The molecule has 1 amide bonds. The second-order valence-electron chi connectivity index (χ2n) is 7.34. The maximum Gasteiger partial charge on any atom is 0.259 e. The molecule has 0 fully saturated rings. The molecule has 162 valence electrons. The molecular weight excluding hydrogens is 408 g/mol. The number of benzene rings is 2. The van der Waals surface area contributed by atoms with E-state index in [1.165, 1.54) is 10.4 Å². The molecular formula is C25H28N2O3S. The summed E-state index contributed by atoms with van der Waals surface area (Å²) in [5, 5.41) is 7.51. The summed E-state index contributed by atoms with van der Waals surface area (Å²) < 4.78 is 11.4. The van der Waals surface area contributed by atoms with Crippen molar-refractivity contribution in [2.45, 2.75) is 39.7 Å². The molecule has 0 radical (unpaired) electrons. The van der Waals surface area contributed by atoms with Gasteiger partial charge in [-0.3, -0.25) is 4.79 Å². The van der Waals surface area contributed by atoms with Gasteiger partial charge < -0.3 is 20.1 Å². The predicted molar refractivity (Wildman–Crippen MR) is 127 cm³/mol. The van der Waals surface area contributed by atoms with E-state index in [-0.39, 0.29) is 5.91 Å². The Hall–Kier alpha value is -2.99. The minimum Gasteiger partial charge on any atom is -0.494 e. The van der Waals surface area contributed by atoms with Gasteiger partial charge in [0, 0.05) is 17.0 Å². The van der Waals surface area contributed by atoms with E-state index in [9.17, 15) is 4.79 Å². The summed E-state index contributed by atoms with van der Waals surface area (Å²) >= 11 is 1.70. The molecule has 4 rings (SSSR count). The first-order valence-electron chi connectivity index (χ1n) is 10.8. The zero-order valence-corrected chi connectivity index (χ0v) is 18.8. The van der Waals surface area contributed by atoms with Crippen LogP contribution in [-0.2, 0) is 19.4 Å². The number of fused-ring (bicyclic) bond motifs is 1. The molecule has 5 nitrogen and oxygen atoms in total. The highest BCUT2D eigenvalue weighted by Crippen LogP contribution is 2.40. The standard InChI is InChI=1S/C25H28N2O3S/c1-3-29-20-13-7-5-10-17(20)16-26-25-23(18-11-9-15-22(18)31-25)24(28)27-19-12-6-8-14-21(19)30-4-2/h5-8,10,12-14,26H,3-4,9,11,15-16H2,1-2H3,(H,27,28). The lowest BCUT2D eigenvalue weighted by atomic mass is 10.1. The summed E-state index contributed by atoms with van der Waals surface area (Å²) in [7, 11) is 0. The van der Waals surface area contributed by atoms with Crippen molar-refractivity contribution in [1.82, 2.24) is 0 Å². The van der Waals surface area contributed by atoms with Crippen molar-refractivity contribution in [2.24, 2.45) is 0 Å². The number of anilines is 2. The van der Waals surface area contributed by atoms with Crippen LogP contribution in [0.25, 0.3) is 0 Å². The van der Waals surface area contributed by atoms with Gasteiger partial charge in [0.2, 0.25) is 0 Å². The van der Waals surface area contributed by atoms with Gasteiger partial charge in [0.1, 0.15) is 16.5 Å². The predicted octanol–water partition coefficient (Wildman–Crippen LogP) is 5.90. The summed E-state index contributed by atoms with van der Waals surface area (Å²) in [6.45, 7) is 5.69. The van der Waals surface area contributed by atoms with Crippen LogP contribution < -0.4 is 20.1 Å². The number of rotatable bonds is 9. The maximum atomic E-state index is 13.4. The Labute approximate surface area is 187 Å². The molecule has 2 aromatic carbocycles. The number of aryl methyl sites for hydroxylation is 1. The summed E-state index contributed by atoms with van der Waals surface area (Å²) in [6, 6.07) is 15.6. The van der Waals surface area contributed by atoms with Crippen LogP contribution in [0.5, 0.6) is 11.5 Å². The van der Waals surface area contributed by atoms with Crippen molar-refractivity contribution < 1.29 is 14.3 Å². The molecule has 2 N–H and O–H groups in total. The normalized spacial score (nSPS) is 12.3. The van der Waals surface area contributed by atoms with Gasteiger partial charge in [0.15, 0.2) is 0 Å². The molecule has 0 saturated heterocycles. The third-order valence-corrected chi connectivity index (χ3v) is 6.54. The van der Waals surface area contributed by atoms with E-state index in [0.29, 0.717) is 31.2 Å². The van der Waals surface area contributed by atoms with E-state index in [0.717, 1.165) is 41.1 Å². The highest BCUT2D eigenvalue weighted by atomic mass is 32.1. The highest BCUT2D eigenvalue weighted by molar-refractivity contribution is 7.16. The van der Waals surface area contributed by atoms with Gasteiger partial charge in [-0.2, -0.15) is 0 Å². The Morgan fingerprint density at radius 3 is 2.48 bits per heavy atom. The van der Waals surface area contributed by atoms with E-state index in [1.807, 2.05) is 56.3 Å². The van der Waals surface area contributed by atoms with Crippen molar-refractivity contribution >= 4 is 27.9 Å². The fourth-order valence-electron chi connectivity index (χ4n) is 3.93. The fraction of sp³-hybridized carbons (Fsp3) is 0.320. The van der Waals surface area contributed by atoms with Gasteiger partial charge in [0.05, 0.1) is 24.5 Å². The van der Waals surface area contributed by atoms with Crippen molar-refractivity contribution in [3.8, 4) is 11.5 Å².